The van der Waals surface area contributed by atoms with Gasteiger partial charge >= 0.3 is 0 Å². The molecule has 17 heavy (non-hydrogen) atoms. The summed E-state index contributed by atoms with van der Waals surface area (Å²) >= 11 is 11.9. The fraction of sp³-hybridized carbons (Fsp3) is 0.636. The number of hydrogen-bond acceptors (Lipinski definition) is 2. The van der Waals surface area contributed by atoms with E-state index >= 15 is 0 Å². The lowest BCUT2D eigenvalue weighted by molar-refractivity contribution is -0.125. The first kappa shape index (κ1) is 12.7. The Morgan fingerprint density at radius 3 is 2.76 bits per heavy atom. The van der Waals surface area contributed by atoms with E-state index < -0.39 is 9.75 Å². The molecule has 1 aromatic heterocycles. The van der Waals surface area contributed by atoms with Crippen molar-refractivity contribution in [2.24, 2.45) is 5.41 Å². The smallest absolute Gasteiger partial charge is 0.229 e. The molecular formula is C11H15Cl2N3O. The van der Waals surface area contributed by atoms with Gasteiger partial charge < -0.3 is 5.32 Å². The Bertz CT molecular complexity index is 444. The fourth-order valence-electron chi connectivity index (χ4n) is 1.70. The third-order valence-corrected chi connectivity index (χ3v) is 4.35. The van der Waals surface area contributed by atoms with Crippen molar-refractivity contribution in [3.63, 3.8) is 0 Å². The van der Waals surface area contributed by atoms with Crippen molar-refractivity contribution in [1.82, 2.24) is 15.5 Å². The van der Waals surface area contributed by atoms with Gasteiger partial charge in [0.15, 0.2) is 0 Å². The summed E-state index contributed by atoms with van der Waals surface area (Å²) in [5, 5.41) is 9.78. The molecule has 1 fully saturated rings. The highest BCUT2D eigenvalue weighted by molar-refractivity contribution is 6.53. The van der Waals surface area contributed by atoms with E-state index in [-0.39, 0.29) is 5.91 Å². The number of hydrogen-bond donors (Lipinski definition) is 2. The van der Waals surface area contributed by atoms with Crippen LogP contribution in [0.4, 0.5) is 0 Å². The topological polar surface area (TPSA) is 57.8 Å². The van der Waals surface area contributed by atoms with Gasteiger partial charge in [0.05, 0.1) is 23.3 Å². The van der Waals surface area contributed by atoms with Crippen molar-refractivity contribution in [3.8, 4) is 0 Å². The molecule has 1 atom stereocenters. The summed E-state index contributed by atoms with van der Waals surface area (Å²) in [6.45, 7) is 4.22. The lowest BCUT2D eigenvalue weighted by atomic mass is 10.1. The summed E-state index contributed by atoms with van der Waals surface area (Å²) in [7, 11) is 0. The molecule has 0 spiro atoms. The standard InChI is InChI=1S/C11H15Cl2N3O/c1-3-7-4-8(16-15-7)5-14-9(17)10(2)6-11(10,12)13/h4H,3,5-6H2,1-2H3,(H,14,17)(H,15,16)/t10-/m0/s1. The van der Waals surface area contributed by atoms with Gasteiger partial charge in [-0.3, -0.25) is 9.89 Å². The molecule has 0 saturated heterocycles. The number of nitrogens with zero attached hydrogens (tertiary/aromatic N) is 1. The van der Waals surface area contributed by atoms with Gasteiger partial charge in [-0.15, -0.1) is 23.2 Å². The summed E-state index contributed by atoms with van der Waals surface area (Å²) in [5.74, 6) is -0.116. The molecule has 0 unspecified atom stereocenters. The first-order chi connectivity index (χ1) is 7.89. The first-order valence-corrected chi connectivity index (χ1v) is 6.34. The average Bonchev–Trinajstić information content (AvgIpc) is 2.68. The number of carbonyl (C=O) groups excluding carboxylic acids is 1. The highest BCUT2D eigenvalue weighted by Gasteiger charge is 2.67. The minimum atomic E-state index is -0.917. The van der Waals surface area contributed by atoms with Crippen molar-refractivity contribution in [2.45, 2.75) is 37.6 Å². The second-order valence-electron chi connectivity index (χ2n) is 4.63. The van der Waals surface area contributed by atoms with Crippen molar-refractivity contribution in [1.29, 1.82) is 0 Å². The van der Waals surface area contributed by atoms with Crippen LogP contribution in [-0.2, 0) is 17.8 Å². The molecule has 94 valence electrons. The molecule has 0 bridgehead atoms. The van der Waals surface area contributed by atoms with E-state index in [9.17, 15) is 4.79 Å². The van der Waals surface area contributed by atoms with Crippen LogP contribution in [0.25, 0.3) is 0 Å². The molecule has 1 aromatic rings. The molecule has 4 nitrogen and oxygen atoms in total. The second kappa shape index (κ2) is 4.18. The number of aromatic amines is 1. The molecule has 0 radical (unpaired) electrons. The van der Waals surface area contributed by atoms with Gasteiger partial charge in [0.1, 0.15) is 4.33 Å². The van der Waals surface area contributed by atoms with E-state index in [4.69, 9.17) is 23.2 Å². The summed E-state index contributed by atoms with van der Waals surface area (Å²) in [6.07, 6.45) is 1.37. The van der Waals surface area contributed by atoms with Crippen LogP contribution in [0.2, 0.25) is 0 Å². The highest BCUT2D eigenvalue weighted by atomic mass is 35.5. The normalized spacial score (nSPS) is 25.6. The summed E-state index contributed by atoms with van der Waals surface area (Å²) in [4.78, 5) is 11.9. The number of nitrogens with one attached hydrogen (secondary N) is 2. The quantitative estimate of drug-likeness (QED) is 0.828. The van der Waals surface area contributed by atoms with Crippen LogP contribution < -0.4 is 5.32 Å². The summed E-state index contributed by atoms with van der Waals surface area (Å²) < 4.78 is -0.917. The Morgan fingerprint density at radius 1 is 1.65 bits per heavy atom. The summed E-state index contributed by atoms with van der Waals surface area (Å²) in [6, 6.07) is 1.93. The average molecular weight is 276 g/mol. The Balaban J connectivity index is 1.89. The summed E-state index contributed by atoms with van der Waals surface area (Å²) in [5.41, 5.74) is 1.20. The molecule has 1 saturated carbocycles. The maximum Gasteiger partial charge on any atom is 0.229 e. The maximum atomic E-state index is 11.9. The van der Waals surface area contributed by atoms with Crippen LogP contribution in [0.3, 0.4) is 0 Å². The molecule has 1 amide bonds. The zero-order valence-electron chi connectivity index (χ0n) is 9.81. The minimum absolute atomic E-state index is 0.116. The Labute approximate surface area is 110 Å². The number of amides is 1. The zero-order chi connectivity index (χ0) is 12.7. The molecule has 1 aliphatic carbocycles. The number of rotatable bonds is 4. The van der Waals surface area contributed by atoms with Gasteiger partial charge in [0.25, 0.3) is 0 Å². The van der Waals surface area contributed by atoms with E-state index in [1.54, 1.807) is 6.92 Å². The Morgan fingerprint density at radius 2 is 2.29 bits per heavy atom. The van der Waals surface area contributed by atoms with E-state index in [1.807, 2.05) is 13.0 Å². The third kappa shape index (κ3) is 2.29. The van der Waals surface area contributed by atoms with Crippen molar-refractivity contribution in [2.75, 3.05) is 0 Å². The van der Waals surface area contributed by atoms with Crippen LogP contribution >= 0.6 is 23.2 Å². The molecule has 0 aliphatic heterocycles. The zero-order valence-corrected chi connectivity index (χ0v) is 11.3. The SMILES string of the molecule is CCc1cc(CNC(=O)[C@]2(C)CC2(Cl)Cl)[nH]n1. The lowest BCUT2D eigenvalue weighted by Crippen LogP contribution is -2.32. The molecule has 1 aliphatic rings. The molecule has 2 rings (SSSR count). The van der Waals surface area contributed by atoms with Crippen LogP contribution in [0.15, 0.2) is 6.07 Å². The van der Waals surface area contributed by atoms with Gasteiger partial charge in [-0.05, 0) is 25.8 Å². The van der Waals surface area contributed by atoms with Crippen molar-refractivity contribution in [3.05, 3.63) is 17.5 Å². The highest BCUT2D eigenvalue weighted by Crippen LogP contribution is 2.63. The van der Waals surface area contributed by atoms with Crippen molar-refractivity contribution >= 4 is 29.1 Å². The van der Waals surface area contributed by atoms with Crippen molar-refractivity contribution < 1.29 is 4.79 Å². The third-order valence-electron chi connectivity index (χ3n) is 3.24. The van der Waals surface area contributed by atoms with Crippen LogP contribution in [-0.4, -0.2) is 20.4 Å². The predicted molar refractivity (Wildman–Crippen MR) is 67.0 cm³/mol. The van der Waals surface area contributed by atoms with E-state index in [0.717, 1.165) is 17.8 Å². The second-order valence-corrected chi connectivity index (χ2v) is 6.12. The number of H-pyrrole nitrogens is 1. The van der Waals surface area contributed by atoms with Crippen LogP contribution in [0.5, 0.6) is 0 Å². The lowest BCUT2D eigenvalue weighted by Gasteiger charge is -2.11. The van der Waals surface area contributed by atoms with E-state index in [0.29, 0.717) is 13.0 Å². The number of carbonyl (C=O) groups is 1. The number of aromatic nitrogens is 2. The molecular weight excluding hydrogens is 261 g/mol. The van der Waals surface area contributed by atoms with E-state index in [1.165, 1.54) is 0 Å². The maximum absolute atomic E-state index is 11.9. The molecule has 0 aromatic carbocycles. The Kier molecular flexibility index (Phi) is 3.12. The largest absolute Gasteiger partial charge is 0.350 e. The first-order valence-electron chi connectivity index (χ1n) is 5.58. The van der Waals surface area contributed by atoms with Gasteiger partial charge in [0, 0.05) is 0 Å². The molecule has 1 heterocycles. The fourth-order valence-corrected chi connectivity index (χ4v) is 2.40. The number of aryl methyl sites for hydroxylation is 1. The number of halogens is 2. The monoisotopic (exact) mass is 275 g/mol. The molecule has 6 heteroatoms. The molecule has 2 N–H and O–H groups in total. The number of alkyl halides is 2. The minimum Gasteiger partial charge on any atom is -0.350 e. The van der Waals surface area contributed by atoms with Gasteiger partial charge in [-0.1, -0.05) is 6.92 Å². The van der Waals surface area contributed by atoms with Gasteiger partial charge in [-0.25, -0.2) is 0 Å². The Hall–Kier alpha value is -0.740. The van der Waals surface area contributed by atoms with Gasteiger partial charge in [0.2, 0.25) is 5.91 Å². The van der Waals surface area contributed by atoms with E-state index in [2.05, 4.69) is 15.5 Å². The van der Waals surface area contributed by atoms with Crippen LogP contribution in [0, 0.1) is 5.41 Å². The predicted octanol–water partition coefficient (Wildman–Crippen LogP) is 2.17. The van der Waals surface area contributed by atoms with Crippen LogP contribution in [0.1, 0.15) is 31.7 Å². The van der Waals surface area contributed by atoms with Gasteiger partial charge in [-0.2, -0.15) is 5.10 Å².